The molecule has 0 aromatic carbocycles. The number of carbonyl (C=O) groups excluding carboxylic acids is 2. The van der Waals surface area contributed by atoms with Crippen LogP contribution >= 0.6 is 0 Å². The number of aliphatic hydroxyl groups excluding tert-OH is 2. The lowest BCUT2D eigenvalue weighted by atomic mass is 10.1. The molecular formula is C14H27N3O6. The molecule has 1 aliphatic rings. The van der Waals surface area contributed by atoms with Crippen molar-refractivity contribution in [1.29, 1.82) is 0 Å². The quantitative estimate of drug-likeness (QED) is 0.338. The van der Waals surface area contributed by atoms with Gasteiger partial charge in [0.05, 0.1) is 19.1 Å². The van der Waals surface area contributed by atoms with E-state index < -0.39 is 24.4 Å². The number of methoxy groups -OCH3 is 1. The zero-order valence-corrected chi connectivity index (χ0v) is 13.7. The molecule has 0 aromatic heterocycles. The Morgan fingerprint density at radius 2 is 1.83 bits per heavy atom. The Bertz CT molecular complexity index is 393. The maximum Gasteiger partial charge on any atom is 0.315 e. The molecule has 3 amide bonds. The van der Waals surface area contributed by atoms with Gasteiger partial charge in [0.2, 0.25) is 5.91 Å². The minimum atomic E-state index is -1.18. The smallest absolute Gasteiger partial charge is 0.315 e. The van der Waals surface area contributed by atoms with E-state index in [2.05, 4.69) is 16.0 Å². The first-order chi connectivity index (χ1) is 10.8. The Hall–Kier alpha value is -1.42. The van der Waals surface area contributed by atoms with Crippen LogP contribution in [0.1, 0.15) is 20.3 Å². The largest absolute Gasteiger partial charge is 0.388 e. The number of hydrogen-bond donors (Lipinski definition) is 5. The minimum absolute atomic E-state index is 0.0152. The van der Waals surface area contributed by atoms with Crippen molar-refractivity contribution < 1.29 is 29.3 Å². The summed E-state index contributed by atoms with van der Waals surface area (Å²) >= 11 is 0. The fourth-order valence-electron chi connectivity index (χ4n) is 2.22. The minimum Gasteiger partial charge on any atom is -0.388 e. The molecular weight excluding hydrogens is 306 g/mol. The van der Waals surface area contributed by atoms with Crippen LogP contribution in [0.15, 0.2) is 0 Å². The van der Waals surface area contributed by atoms with Crippen molar-refractivity contribution in [3.63, 3.8) is 0 Å². The summed E-state index contributed by atoms with van der Waals surface area (Å²) in [6.45, 7) is 4.44. The molecule has 0 radical (unpaired) electrons. The number of hydrogen-bond acceptors (Lipinski definition) is 6. The van der Waals surface area contributed by atoms with Gasteiger partial charge >= 0.3 is 6.03 Å². The third kappa shape index (κ3) is 6.69. The summed E-state index contributed by atoms with van der Waals surface area (Å²) in [7, 11) is 1.53. The molecule has 0 unspecified atom stereocenters. The number of aliphatic hydroxyl groups is 2. The van der Waals surface area contributed by atoms with E-state index in [1.807, 2.05) is 13.8 Å². The molecule has 9 heteroatoms. The van der Waals surface area contributed by atoms with Crippen molar-refractivity contribution in [1.82, 2.24) is 16.0 Å². The van der Waals surface area contributed by atoms with Crippen LogP contribution in [0.5, 0.6) is 0 Å². The molecule has 0 bridgehead atoms. The Kier molecular flexibility index (Phi) is 8.24. The Morgan fingerprint density at radius 3 is 2.43 bits per heavy atom. The molecule has 0 spiro atoms. The average molecular weight is 333 g/mol. The molecule has 9 nitrogen and oxygen atoms in total. The van der Waals surface area contributed by atoms with Crippen LogP contribution in [0.3, 0.4) is 0 Å². The summed E-state index contributed by atoms with van der Waals surface area (Å²) in [5.41, 5.74) is 0. The third-order valence-corrected chi connectivity index (χ3v) is 3.36. The zero-order chi connectivity index (χ0) is 17.4. The topological polar surface area (TPSA) is 129 Å². The monoisotopic (exact) mass is 333 g/mol. The molecule has 1 aliphatic heterocycles. The van der Waals surface area contributed by atoms with Crippen LogP contribution < -0.4 is 16.0 Å². The number of carbonyl (C=O) groups is 2. The van der Waals surface area contributed by atoms with Crippen LogP contribution in [0.2, 0.25) is 0 Å². The van der Waals surface area contributed by atoms with Gasteiger partial charge in [-0.05, 0) is 13.8 Å². The van der Waals surface area contributed by atoms with E-state index in [1.165, 1.54) is 7.11 Å². The molecule has 134 valence electrons. The Labute approximate surface area is 135 Å². The molecule has 1 saturated heterocycles. The zero-order valence-electron chi connectivity index (χ0n) is 13.7. The maximum atomic E-state index is 11.7. The van der Waals surface area contributed by atoms with E-state index in [4.69, 9.17) is 9.47 Å². The summed E-state index contributed by atoms with van der Waals surface area (Å²) in [6.07, 6.45) is -3.99. The molecule has 0 saturated carbocycles. The fourth-order valence-corrected chi connectivity index (χ4v) is 2.22. The second-order valence-electron chi connectivity index (χ2n) is 5.75. The Balaban J connectivity index is 2.39. The first-order valence-electron chi connectivity index (χ1n) is 7.66. The first kappa shape index (κ1) is 19.6. The third-order valence-electron chi connectivity index (χ3n) is 3.36. The lowest BCUT2D eigenvalue weighted by Gasteiger charge is -2.16. The van der Waals surface area contributed by atoms with Gasteiger partial charge in [0.15, 0.2) is 0 Å². The van der Waals surface area contributed by atoms with Crippen LogP contribution in [0, 0.1) is 0 Å². The van der Waals surface area contributed by atoms with Crippen molar-refractivity contribution in [2.24, 2.45) is 0 Å². The predicted octanol–water partition coefficient (Wildman–Crippen LogP) is -1.66. The van der Waals surface area contributed by atoms with Gasteiger partial charge < -0.3 is 35.6 Å². The molecule has 1 heterocycles. The molecule has 0 aliphatic carbocycles. The summed E-state index contributed by atoms with van der Waals surface area (Å²) < 4.78 is 10.3. The van der Waals surface area contributed by atoms with Crippen molar-refractivity contribution >= 4 is 11.9 Å². The van der Waals surface area contributed by atoms with Crippen LogP contribution in [0.4, 0.5) is 4.79 Å². The van der Waals surface area contributed by atoms with Gasteiger partial charge in [-0.15, -0.1) is 0 Å². The van der Waals surface area contributed by atoms with Crippen LogP contribution in [0.25, 0.3) is 0 Å². The molecule has 1 rings (SSSR count). The standard InChI is InChI=1S/C14H27N3O6/c1-8(2)17-14(21)16-7-10-13(20)12(19)9(23-10)6-11(18)15-4-5-22-3/h8-10,12-13,19-20H,4-7H2,1-3H3,(H,15,18)(H2,16,17,21)/t9-,10+,12-,13+/m0/s1. The summed E-state index contributed by atoms with van der Waals surface area (Å²) in [6, 6.07) is -0.399. The predicted molar refractivity (Wildman–Crippen MR) is 81.8 cm³/mol. The van der Waals surface area contributed by atoms with E-state index >= 15 is 0 Å². The highest BCUT2D eigenvalue weighted by Crippen LogP contribution is 2.23. The molecule has 5 N–H and O–H groups in total. The van der Waals surface area contributed by atoms with Gasteiger partial charge in [0, 0.05) is 26.2 Å². The van der Waals surface area contributed by atoms with Crippen molar-refractivity contribution in [2.45, 2.75) is 50.7 Å². The first-order valence-corrected chi connectivity index (χ1v) is 7.66. The highest BCUT2D eigenvalue weighted by molar-refractivity contribution is 5.76. The molecule has 23 heavy (non-hydrogen) atoms. The van der Waals surface area contributed by atoms with E-state index in [0.717, 1.165) is 0 Å². The molecule has 0 aromatic rings. The molecule has 4 atom stereocenters. The number of rotatable bonds is 8. The van der Waals surface area contributed by atoms with Gasteiger partial charge in [-0.2, -0.15) is 0 Å². The van der Waals surface area contributed by atoms with Crippen molar-refractivity contribution in [2.75, 3.05) is 26.8 Å². The highest BCUT2D eigenvalue weighted by atomic mass is 16.5. The van der Waals surface area contributed by atoms with E-state index in [-0.39, 0.29) is 30.9 Å². The lowest BCUT2D eigenvalue weighted by molar-refractivity contribution is -0.125. The molecule has 1 fully saturated rings. The highest BCUT2D eigenvalue weighted by Gasteiger charge is 2.43. The van der Waals surface area contributed by atoms with Crippen molar-refractivity contribution in [3.8, 4) is 0 Å². The summed E-state index contributed by atoms with van der Waals surface area (Å²) in [5.74, 6) is -0.301. The van der Waals surface area contributed by atoms with E-state index in [9.17, 15) is 19.8 Å². The number of nitrogens with one attached hydrogen (secondary N) is 3. The van der Waals surface area contributed by atoms with Gasteiger partial charge in [-0.1, -0.05) is 0 Å². The maximum absolute atomic E-state index is 11.7. The summed E-state index contributed by atoms with van der Waals surface area (Å²) in [4.78, 5) is 23.2. The number of ether oxygens (including phenoxy) is 2. The van der Waals surface area contributed by atoms with E-state index in [0.29, 0.717) is 13.2 Å². The summed E-state index contributed by atoms with van der Waals surface area (Å²) in [5, 5.41) is 27.7. The normalized spacial score (nSPS) is 27.0. The van der Waals surface area contributed by atoms with Crippen LogP contribution in [-0.2, 0) is 14.3 Å². The fraction of sp³-hybridized carbons (Fsp3) is 0.857. The van der Waals surface area contributed by atoms with Gasteiger partial charge in [-0.25, -0.2) is 4.79 Å². The second kappa shape index (κ2) is 9.66. The number of amides is 3. The van der Waals surface area contributed by atoms with Crippen molar-refractivity contribution in [3.05, 3.63) is 0 Å². The second-order valence-corrected chi connectivity index (χ2v) is 5.75. The van der Waals surface area contributed by atoms with Crippen LogP contribution in [-0.4, -0.2) is 79.4 Å². The Morgan fingerprint density at radius 1 is 1.17 bits per heavy atom. The SMILES string of the molecule is COCCNC(=O)C[C@@H]1O[C@H](CNC(=O)NC(C)C)[C@@H](O)[C@H]1O. The van der Waals surface area contributed by atoms with Gasteiger partial charge in [0.1, 0.15) is 18.3 Å². The lowest BCUT2D eigenvalue weighted by Crippen LogP contribution is -2.45. The average Bonchev–Trinajstić information content (AvgIpc) is 2.73. The number of urea groups is 1. The van der Waals surface area contributed by atoms with E-state index in [1.54, 1.807) is 0 Å². The van der Waals surface area contributed by atoms with Gasteiger partial charge in [0.25, 0.3) is 0 Å². The van der Waals surface area contributed by atoms with Gasteiger partial charge in [-0.3, -0.25) is 4.79 Å².